The summed E-state index contributed by atoms with van der Waals surface area (Å²) < 4.78 is 11.9. The van der Waals surface area contributed by atoms with Gasteiger partial charge in [0.25, 0.3) is 0 Å². The predicted octanol–water partition coefficient (Wildman–Crippen LogP) is 3.02. The average molecular weight is 402 g/mol. The monoisotopic (exact) mass is 401 g/mol. The summed E-state index contributed by atoms with van der Waals surface area (Å²) in [7, 11) is 1.33. The van der Waals surface area contributed by atoms with E-state index in [2.05, 4.69) is 24.1 Å². The maximum Gasteiger partial charge on any atom is 0.354 e. The van der Waals surface area contributed by atoms with Crippen molar-refractivity contribution in [2.45, 2.75) is 33.2 Å². The minimum Gasteiger partial charge on any atom is -0.464 e. The molecule has 1 N–H and O–H groups in total. The number of nitrogens with one attached hydrogen (secondary N) is 1. The molecule has 0 bridgehead atoms. The molecule has 0 radical (unpaired) electrons. The van der Waals surface area contributed by atoms with Gasteiger partial charge in [0.2, 0.25) is 5.91 Å². The molecule has 1 amide bonds. The van der Waals surface area contributed by atoms with Gasteiger partial charge < -0.3 is 23.9 Å². The second-order valence-corrected chi connectivity index (χ2v) is 8.07. The number of rotatable bonds is 8. The highest BCUT2D eigenvalue weighted by Gasteiger charge is 2.22. The van der Waals surface area contributed by atoms with Crippen LogP contribution in [0.2, 0.25) is 0 Å². The van der Waals surface area contributed by atoms with E-state index < -0.39 is 5.97 Å². The summed E-state index contributed by atoms with van der Waals surface area (Å²) >= 11 is 0. The van der Waals surface area contributed by atoms with Gasteiger partial charge in [0.05, 0.1) is 19.1 Å². The van der Waals surface area contributed by atoms with Crippen LogP contribution in [0.15, 0.2) is 34.9 Å². The van der Waals surface area contributed by atoms with Gasteiger partial charge in [-0.2, -0.15) is 0 Å². The molecule has 0 spiro atoms. The molecule has 2 atom stereocenters. The van der Waals surface area contributed by atoms with Gasteiger partial charge in [-0.15, -0.1) is 0 Å². The first-order chi connectivity index (χ1) is 14.0. The molecular weight excluding hydrogens is 370 g/mol. The number of furan rings is 1. The van der Waals surface area contributed by atoms with E-state index in [1.807, 2.05) is 0 Å². The minimum absolute atomic E-state index is 0.0330. The highest BCUT2D eigenvalue weighted by atomic mass is 16.5. The van der Waals surface area contributed by atoms with Gasteiger partial charge in [-0.3, -0.25) is 4.79 Å². The van der Waals surface area contributed by atoms with Crippen molar-refractivity contribution in [3.05, 3.63) is 36.2 Å². The van der Waals surface area contributed by atoms with Crippen LogP contribution in [0, 0.1) is 11.8 Å². The van der Waals surface area contributed by atoms with Crippen molar-refractivity contribution >= 4 is 11.9 Å². The molecule has 0 aromatic carbocycles. The van der Waals surface area contributed by atoms with Crippen LogP contribution in [0.1, 0.15) is 37.2 Å². The van der Waals surface area contributed by atoms with Gasteiger partial charge in [-0.25, -0.2) is 4.79 Å². The number of hydrogen-bond donors (Lipinski definition) is 1. The lowest BCUT2D eigenvalue weighted by molar-refractivity contribution is -0.121. The summed E-state index contributed by atoms with van der Waals surface area (Å²) in [5.74, 6) is 1.45. The normalized spacial score (nSPS) is 19.8. The molecule has 7 nitrogen and oxygen atoms in total. The van der Waals surface area contributed by atoms with Gasteiger partial charge in [-0.05, 0) is 55.5 Å². The summed E-state index contributed by atoms with van der Waals surface area (Å²) in [5, 5.41) is 2.97. The Hall–Kier alpha value is -2.54. The first-order valence-electron chi connectivity index (χ1n) is 10.3. The number of amides is 1. The highest BCUT2D eigenvalue weighted by molar-refractivity contribution is 5.90. The molecular formula is C22H31N3O4. The maximum atomic E-state index is 12.5. The van der Waals surface area contributed by atoms with Gasteiger partial charge in [0.1, 0.15) is 18.0 Å². The number of carbonyl (C=O) groups is 2. The third-order valence-corrected chi connectivity index (χ3v) is 5.37. The lowest BCUT2D eigenvalue weighted by Crippen LogP contribution is -2.40. The third-order valence-electron chi connectivity index (χ3n) is 5.37. The number of carbonyl (C=O) groups excluding carboxylic acids is 2. The van der Waals surface area contributed by atoms with E-state index in [0.29, 0.717) is 23.7 Å². The summed E-state index contributed by atoms with van der Waals surface area (Å²) in [6, 6.07) is 6.98. The van der Waals surface area contributed by atoms with E-state index in [0.717, 1.165) is 37.9 Å². The number of piperidine rings is 1. The lowest BCUT2D eigenvalue weighted by atomic mass is 9.92. The van der Waals surface area contributed by atoms with E-state index in [1.165, 1.54) is 13.5 Å². The van der Waals surface area contributed by atoms with Gasteiger partial charge in [0.15, 0.2) is 0 Å². The molecule has 2 aromatic heterocycles. The van der Waals surface area contributed by atoms with Crippen LogP contribution in [-0.2, 0) is 16.1 Å². The van der Waals surface area contributed by atoms with Crippen LogP contribution in [0.3, 0.4) is 0 Å². The van der Waals surface area contributed by atoms with Crippen LogP contribution in [0.5, 0.6) is 0 Å². The fourth-order valence-electron chi connectivity index (χ4n) is 4.26. The molecule has 1 aliphatic rings. The Bertz CT molecular complexity index is 802. The van der Waals surface area contributed by atoms with Crippen LogP contribution in [0.4, 0.5) is 0 Å². The smallest absolute Gasteiger partial charge is 0.354 e. The van der Waals surface area contributed by atoms with Crippen LogP contribution in [0.25, 0.3) is 11.5 Å². The summed E-state index contributed by atoms with van der Waals surface area (Å²) in [6.07, 6.45) is 3.77. The van der Waals surface area contributed by atoms with Crippen molar-refractivity contribution in [1.82, 2.24) is 14.8 Å². The number of methoxy groups -OCH3 is 1. The SMILES string of the molecule is COC(=O)c1ccc(-c2ccco2)n1CC(=O)NCCCN1C[C@H](C)C[C@@H](C)C1. The van der Waals surface area contributed by atoms with Crippen LogP contribution in [-0.4, -0.2) is 54.6 Å². The first kappa shape index (κ1) is 21.2. The number of hydrogen-bond acceptors (Lipinski definition) is 5. The minimum atomic E-state index is -0.482. The van der Waals surface area contributed by atoms with E-state index >= 15 is 0 Å². The number of aromatic nitrogens is 1. The molecule has 0 unspecified atom stereocenters. The van der Waals surface area contributed by atoms with Crippen molar-refractivity contribution in [2.75, 3.05) is 33.3 Å². The van der Waals surface area contributed by atoms with Gasteiger partial charge in [0, 0.05) is 19.6 Å². The Balaban J connectivity index is 1.55. The summed E-state index contributed by atoms with van der Waals surface area (Å²) in [4.78, 5) is 27.1. The Morgan fingerprint density at radius 1 is 1.21 bits per heavy atom. The molecule has 0 saturated carbocycles. The molecule has 3 heterocycles. The topological polar surface area (TPSA) is 76.7 Å². The van der Waals surface area contributed by atoms with Crippen LogP contribution >= 0.6 is 0 Å². The largest absolute Gasteiger partial charge is 0.464 e. The second kappa shape index (κ2) is 9.78. The Labute approximate surface area is 172 Å². The van der Waals surface area contributed by atoms with E-state index in [1.54, 1.807) is 35.1 Å². The first-order valence-corrected chi connectivity index (χ1v) is 10.3. The number of likely N-dealkylation sites (tertiary alicyclic amines) is 1. The van der Waals surface area contributed by atoms with E-state index in [-0.39, 0.29) is 12.5 Å². The standard InChI is InChI=1S/C22H31N3O4/c1-16-12-17(2)14-24(13-16)10-5-9-23-21(26)15-25-18(20-6-4-11-29-20)7-8-19(25)22(27)28-3/h4,6-8,11,16-17H,5,9-10,12-15H2,1-3H3,(H,23,26)/t16-,17-/m1/s1. The quantitative estimate of drug-likeness (QED) is 0.544. The number of nitrogens with zero attached hydrogens (tertiary/aromatic N) is 2. The van der Waals surface area contributed by atoms with Crippen molar-refractivity contribution in [3.8, 4) is 11.5 Å². The number of ether oxygens (including phenoxy) is 1. The van der Waals surface area contributed by atoms with Gasteiger partial charge in [-0.1, -0.05) is 13.8 Å². The predicted molar refractivity (Wildman–Crippen MR) is 110 cm³/mol. The van der Waals surface area contributed by atoms with Crippen molar-refractivity contribution in [1.29, 1.82) is 0 Å². The van der Waals surface area contributed by atoms with Crippen molar-refractivity contribution in [3.63, 3.8) is 0 Å². The maximum absolute atomic E-state index is 12.5. The zero-order chi connectivity index (χ0) is 20.8. The zero-order valence-electron chi connectivity index (χ0n) is 17.5. The molecule has 1 aliphatic heterocycles. The van der Waals surface area contributed by atoms with Crippen molar-refractivity contribution in [2.24, 2.45) is 11.8 Å². The van der Waals surface area contributed by atoms with E-state index in [9.17, 15) is 9.59 Å². The molecule has 1 fully saturated rings. The Morgan fingerprint density at radius 3 is 2.62 bits per heavy atom. The fraction of sp³-hybridized carbons (Fsp3) is 0.545. The van der Waals surface area contributed by atoms with Crippen LogP contribution < -0.4 is 5.32 Å². The molecule has 2 aromatic rings. The third kappa shape index (κ3) is 5.50. The zero-order valence-corrected chi connectivity index (χ0v) is 17.5. The Kier molecular flexibility index (Phi) is 7.14. The van der Waals surface area contributed by atoms with E-state index in [4.69, 9.17) is 9.15 Å². The lowest BCUT2D eigenvalue weighted by Gasteiger charge is -2.34. The molecule has 7 heteroatoms. The summed E-state index contributed by atoms with van der Waals surface area (Å²) in [5.41, 5.74) is 0.993. The van der Waals surface area contributed by atoms with Gasteiger partial charge >= 0.3 is 5.97 Å². The molecule has 3 rings (SSSR count). The highest BCUT2D eigenvalue weighted by Crippen LogP contribution is 2.24. The second-order valence-electron chi connectivity index (χ2n) is 8.07. The molecule has 158 valence electrons. The average Bonchev–Trinajstić information content (AvgIpc) is 3.33. The van der Waals surface area contributed by atoms with Crippen molar-refractivity contribution < 1.29 is 18.7 Å². The fourth-order valence-corrected chi connectivity index (χ4v) is 4.26. The molecule has 0 aliphatic carbocycles. The Morgan fingerprint density at radius 2 is 1.97 bits per heavy atom. The number of esters is 1. The molecule has 1 saturated heterocycles. The summed E-state index contributed by atoms with van der Waals surface area (Å²) in [6.45, 7) is 8.51. The molecule has 29 heavy (non-hydrogen) atoms.